The van der Waals surface area contributed by atoms with Crippen molar-refractivity contribution in [3.05, 3.63) is 89.0 Å². The quantitative estimate of drug-likeness (QED) is 0.498. The van der Waals surface area contributed by atoms with Crippen LogP contribution in [0.1, 0.15) is 49.2 Å². The summed E-state index contributed by atoms with van der Waals surface area (Å²) in [5, 5.41) is 1.10. The van der Waals surface area contributed by atoms with Gasteiger partial charge in [-0.3, -0.25) is 4.79 Å². The first-order valence-electron chi connectivity index (χ1n) is 9.35. The van der Waals surface area contributed by atoms with Crippen molar-refractivity contribution in [2.24, 2.45) is 0 Å². The van der Waals surface area contributed by atoms with Gasteiger partial charge < -0.3 is 1.43 Å². The van der Waals surface area contributed by atoms with Gasteiger partial charge in [0.05, 0.1) is 0 Å². The molecule has 28 heavy (non-hydrogen) atoms. The van der Waals surface area contributed by atoms with E-state index in [1.165, 1.54) is 5.56 Å². The van der Waals surface area contributed by atoms with Crippen LogP contribution in [0.5, 0.6) is 0 Å². The predicted molar refractivity (Wildman–Crippen MR) is 120 cm³/mol. The number of rotatable bonds is 4. The number of hydrogen-bond acceptors (Lipinski definition) is 1. The molecule has 0 aromatic heterocycles. The van der Waals surface area contributed by atoms with Crippen molar-refractivity contribution in [3.8, 4) is 11.1 Å². The second-order valence-electron chi connectivity index (χ2n) is 8.10. The van der Waals surface area contributed by atoms with Gasteiger partial charge in [-0.15, -0.1) is 0 Å². The average molecular weight is 382 g/mol. The number of aryl methyl sites for hydroxylation is 2. The third-order valence-electron chi connectivity index (χ3n) is 4.89. The van der Waals surface area contributed by atoms with Crippen LogP contribution in [0.15, 0.2) is 66.7 Å². The molecule has 1 unspecified atom stereocenters. The summed E-state index contributed by atoms with van der Waals surface area (Å²) in [6, 6.07) is 22.9. The molecule has 3 aromatic rings. The maximum atomic E-state index is 13.2. The van der Waals surface area contributed by atoms with Crippen LogP contribution < -0.4 is 24.2 Å². The molecular weight excluding hydrogens is 354 g/mol. The zero-order valence-corrected chi connectivity index (χ0v) is 18.8. The van der Waals surface area contributed by atoms with E-state index in [2.05, 4.69) is 71.0 Å². The number of carbonyl (C=O) groups excluding carboxylic acids is 1. The topological polar surface area (TPSA) is 17.1 Å². The Balaban J connectivity index is 0.00000210. The summed E-state index contributed by atoms with van der Waals surface area (Å²) < 4.78 is 0. The van der Waals surface area contributed by atoms with E-state index in [0.29, 0.717) is 0 Å². The molecular formula is C25H28LiOP. The molecule has 0 saturated heterocycles. The van der Waals surface area contributed by atoms with E-state index < -0.39 is 0 Å². The van der Waals surface area contributed by atoms with Gasteiger partial charge >= 0.3 is 18.9 Å². The Morgan fingerprint density at radius 3 is 1.96 bits per heavy atom. The van der Waals surface area contributed by atoms with Crippen LogP contribution in [0.25, 0.3) is 11.1 Å². The second-order valence-corrected chi connectivity index (χ2v) is 9.34. The molecule has 1 nitrogen and oxygen atoms in total. The molecule has 0 fully saturated rings. The van der Waals surface area contributed by atoms with Gasteiger partial charge in [-0.1, -0.05) is 87.5 Å². The number of benzene rings is 3. The van der Waals surface area contributed by atoms with Gasteiger partial charge in [0.2, 0.25) is 0 Å². The maximum Gasteiger partial charge on any atom is 1.00 e. The smallest absolute Gasteiger partial charge is 1.00 e. The van der Waals surface area contributed by atoms with Crippen molar-refractivity contribution < 1.29 is 25.1 Å². The molecule has 0 aliphatic rings. The van der Waals surface area contributed by atoms with Gasteiger partial charge in [0.25, 0.3) is 0 Å². The summed E-state index contributed by atoms with van der Waals surface area (Å²) in [7, 11) is 0.117. The summed E-state index contributed by atoms with van der Waals surface area (Å²) >= 11 is 0. The van der Waals surface area contributed by atoms with Gasteiger partial charge in [-0.05, 0) is 61.0 Å². The molecule has 3 rings (SSSR count). The minimum atomic E-state index is 0. The Kier molecular flexibility index (Phi) is 7.47. The van der Waals surface area contributed by atoms with Crippen LogP contribution in [-0.4, -0.2) is 5.52 Å². The first-order valence-corrected chi connectivity index (χ1v) is 10.3. The van der Waals surface area contributed by atoms with Gasteiger partial charge in [-0.25, -0.2) is 0 Å². The molecule has 0 heterocycles. The van der Waals surface area contributed by atoms with Crippen molar-refractivity contribution in [1.82, 2.24) is 0 Å². The summed E-state index contributed by atoms with van der Waals surface area (Å²) in [6.07, 6.45) is 0. The Morgan fingerprint density at radius 1 is 0.857 bits per heavy atom. The molecule has 0 amide bonds. The zero-order chi connectivity index (χ0) is 19.6. The summed E-state index contributed by atoms with van der Waals surface area (Å²) in [6.45, 7) is 10.7. The fourth-order valence-electron chi connectivity index (χ4n) is 3.40. The standard InChI is InChI=1S/C25H27OP.Li.H/c1-17-15-20(25(3,4)5)16-18(2)23(17)24(26)27-22-14-10-9-13-21(22)19-11-7-6-8-12-19;;/h6-16,27H,1-5H3;;/q;+1;-1. The van der Waals surface area contributed by atoms with E-state index in [-0.39, 0.29) is 39.8 Å². The van der Waals surface area contributed by atoms with E-state index in [9.17, 15) is 4.79 Å². The molecule has 3 heteroatoms. The fraction of sp³-hybridized carbons (Fsp3) is 0.240. The molecule has 3 aromatic carbocycles. The van der Waals surface area contributed by atoms with Gasteiger partial charge in [0, 0.05) is 5.56 Å². The monoisotopic (exact) mass is 382 g/mol. The summed E-state index contributed by atoms with van der Waals surface area (Å²) in [5.74, 6) is 0. The molecule has 140 valence electrons. The van der Waals surface area contributed by atoms with Crippen molar-refractivity contribution in [2.75, 3.05) is 0 Å². The Labute approximate surface area is 184 Å². The molecule has 0 spiro atoms. The van der Waals surface area contributed by atoms with Gasteiger partial charge in [-0.2, -0.15) is 0 Å². The van der Waals surface area contributed by atoms with Crippen molar-refractivity contribution in [1.29, 1.82) is 0 Å². The van der Waals surface area contributed by atoms with Crippen LogP contribution in [0.4, 0.5) is 0 Å². The summed E-state index contributed by atoms with van der Waals surface area (Å²) in [5.41, 5.74) is 6.92. The fourth-order valence-corrected chi connectivity index (χ4v) is 4.71. The van der Waals surface area contributed by atoms with Crippen LogP contribution >= 0.6 is 8.58 Å². The Hall–Kier alpha value is -1.64. The van der Waals surface area contributed by atoms with E-state index in [1.807, 2.05) is 30.3 Å². The Morgan fingerprint density at radius 2 is 1.39 bits per heavy atom. The SMILES string of the molecule is Cc1cc(C(C)(C)C)cc(C)c1C(=O)Pc1ccccc1-c1ccccc1.[H-].[Li+]. The van der Waals surface area contributed by atoms with E-state index in [4.69, 9.17) is 0 Å². The second kappa shape index (κ2) is 9.24. The molecule has 0 N–H and O–H groups in total. The van der Waals surface area contributed by atoms with Crippen LogP contribution in [0.2, 0.25) is 0 Å². The number of carbonyl (C=O) groups is 1. The van der Waals surface area contributed by atoms with Gasteiger partial charge in [0.15, 0.2) is 5.52 Å². The first-order chi connectivity index (χ1) is 12.8. The Bertz CT molecular complexity index is 955. The minimum absolute atomic E-state index is 0. The predicted octanol–water partition coefficient (Wildman–Crippen LogP) is 3.53. The zero-order valence-electron chi connectivity index (χ0n) is 18.8. The first kappa shape index (κ1) is 22.6. The molecule has 0 bridgehead atoms. The molecule has 0 aliphatic heterocycles. The van der Waals surface area contributed by atoms with E-state index >= 15 is 0 Å². The summed E-state index contributed by atoms with van der Waals surface area (Å²) in [4.78, 5) is 13.2. The van der Waals surface area contributed by atoms with Crippen LogP contribution in [-0.2, 0) is 5.41 Å². The van der Waals surface area contributed by atoms with Crippen LogP contribution in [0.3, 0.4) is 0 Å². The van der Waals surface area contributed by atoms with Crippen LogP contribution in [0, 0.1) is 13.8 Å². The third kappa shape index (κ3) is 5.04. The van der Waals surface area contributed by atoms with Crippen molar-refractivity contribution >= 4 is 19.4 Å². The average Bonchev–Trinajstić information content (AvgIpc) is 2.61. The molecule has 0 radical (unpaired) electrons. The number of hydrogen-bond donors (Lipinski definition) is 0. The van der Waals surface area contributed by atoms with E-state index in [0.717, 1.165) is 33.1 Å². The van der Waals surface area contributed by atoms with Crippen molar-refractivity contribution in [2.45, 2.75) is 40.0 Å². The van der Waals surface area contributed by atoms with Gasteiger partial charge in [0.1, 0.15) is 0 Å². The minimum Gasteiger partial charge on any atom is -1.00 e. The largest absolute Gasteiger partial charge is 1.00 e. The van der Waals surface area contributed by atoms with E-state index in [1.54, 1.807) is 0 Å². The maximum absolute atomic E-state index is 13.2. The molecule has 0 saturated carbocycles. The normalized spacial score (nSPS) is 11.5. The molecule has 0 aliphatic carbocycles. The third-order valence-corrected chi connectivity index (χ3v) is 6.07. The molecule has 1 atom stereocenters. The van der Waals surface area contributed by atoms with Crippen molar-refractivity contribution in [3.63, 3.8) is 0 Å².